The third kappa shape index (κ3) is 3.32. The molecule has 0 aliphatic heterocycles. The fourth-order valence-corrected chi connectivity index (χ4v) is 1.80. The van der Waals surface area contributed by atoms with Crippen molar-refractivity contribution in [2.75, 3.05) is 0 Å². The second kappa shape index (κ2) is 5.01. The molecule has 88 valence electrons. The number of aliphatic carboxylic acids is 1. The van der Waals surface area contributed by atoms with E-state index < -0.39 is 5.97 Å². The van der Waals surface area contributed by atoms with Crippen LogP contribution in [0.2, 0.25) is 5.02 Å². The lowest BCUT2D eigenvalue weighted by molar-refractivity contribution is -0.136. The molecule has 0 bridgehead atoms. The highest BCUT2D eigenvalue weighted by Crippen LogP contribution is 2.13. The van der Waals surface area contributed by atoms with Gasteiger partial charge in [0.05, 0.1) is 6.42 Å². The Morgan fingerprint density at radius 1 is 1.47 bits per heavy atom. The Kier molecular flexibility index (Phi) is 3.44. The number of halogens is 1. The maximum atomic E-state index is 10.5. The zero-order chi connectivity index (χ0) is 12.3. The van der Waals surface area contributed by atoms with E-state index in [0.29, 0.717) is 17.1 Å². The third-order valence-corrected chi connectivity index (χ3v) is 2.52. The molecule has 4 nitrogen and oxygen atoms in total. The minimum absolute atomic E-state index is 0.0391. The van der Waals surface area contributed by atoms with Crippen LogP contribution in [0.15, 0.2) is 30.5 Å². The van der Waals surface area contributed by atoms with Crippen molar-refractivity contribution in [1.29, 1.82) is 0 Å². The van der Waals surface area contributed by atoms with Crippen LogP contribution in [-0.2, 0) is 17.6 Å². The van der Waals surface area contributed by atoms with E-state index >= 15 is 0 Å². The molecule has 0 unspecified atom stereocenters. The number of carboxylic acid groups (broad SMARTS) is 1. The second-order valence-electron chi connectivity index (χ2n) is 3.73. The Morgan fingerprint density at radius 2 is 2.29 bits per heavy atom. The molecule has 1 aromatic carbocycles. The molecule has 0 radical (unpaired) electrons. The number of hydrogen-bond donors (Lipinski definition) is 2. The van der Waals surface area contributed by atoms with E-state index in [1.165, 1.54) is 0 Å². The number of nitrogens with one attached hydrogen (secondary N) is 1. The Morgan fingerprint density at radius 3 is 3.00 bits per heavy atom. The molecule has 17 heavy (non-hydrogen) atoms. The van der Waals surface area contributed by atoms with E-state index in [9.17, 15) is 4.79 Å². The van der Waals surface area contributed by atoms with E-state index in [2.05, 4.69) is 9.97 Å². The standard InChI is InChI=1S/C12H11ClN2O2/c13-9-3-1-2-8(4-9)5-11-14-7-10(15-11)6-12(16)17/h1-4,7H,5-6H2,(H,14,15)(H,16,17). The van der Waals surface area contributed by atoms with Gasteiger partial charge in [-0.1, -0.05) is 23.7 Å². The van der Waals surface area contributed by atoms with Gasteiger partial charge in [0.2, 0.25) is 0 Å². The molecule has 0 fully saturated rings. The van der Waals surface area contributed by atoms with Crippen LogP contribution in [0, 0.1) is 0 Å². The minimum atomic E-state index is -0.872. The van der Waals surface area contributed by atoms with Gasteiger partial charge in [0, 0.05) is 23.3 Å². The average molecular weight is 251 g/mol. The van der Waals surface area contributed by atoms with Crippen LogP contribution >= 0.6 is 11.6 Å². The van der Waals surface area contributed by atoms with Gasteiger partial charge in [0.25, 0.3) is 0 Å². The van der Waals surface area contributed by atoms with Gasteiger partial charge in [-0.3, -0.25) is 4.79 Å². The Bertz CT molecular complexity index is 537. The number of rotatable bonds is 4. The van der Waals surface area contributed by atoms with E-state index in [-0.39, 0.29) is 6.42 Å². The van der Waals surface area contributed by atoms with Gasteiger partial charge >= 0.3 is 5.97 Å². The molecule has 0 aliphatic rings. The molecular weight excluding hydrogens is 240 g/mol. The molecule has 0 aliphatic carbocycles. The highest BCUT2D eigenvalue weighted by Gasteiger charge is 2.05. The number of carboxylic acids is 1. The molecule has 0 amide bonds. The summed E-state index contributed by atoms with van der Waals surface area (Å²) in [4.78, 5) is 17.6. The minimum Gasteiger partial charge on any atom is -0.481 e. The SMILES string of the molecule is O=C(O)Cc1cnc(Cc2cccc(Cl)c2)[nH]1. The zero-order valence-electron chi connectivity index (χ0n) is 8.98. The van der Waals surface area contributed by atoms with Gasteiger partial charge in [-0.25, -0.2) is 4.98 Å². The number of hydrogen-bond acceptors (Lipinski definition) is 2. The number of carbonyl (C=O) groups is 1. The molecule has 2 aromatic rings. The van der Waals surface area contributed by atoms with Crippen LogP contribution in [-0.4, -0.2) is 21.0 Å². The zero-order valence-corrected chi connectivity index (χ0v) is 9.74. The molecule has 0 saturated heterocycles. The van der Waals surface area contributed by atoms with E-state index in [1.54, 1.807) is 6.20 Å². The fourth-order valence-electron chi connectivity index (χ4n) is 1.59. The van der Waals surface area contributed by atoms with Crippen molar-refractivity contribution in [2.24, 2.45) is 0 Å². The summed E-state index contributed by atoms with van der Waals surface area (Å²) in [6, 6.07) is 7.49. The lowest BCUT2D eigenvalue weighted by Crippen LogP contribution is -2.00. The van der Waals surface area contributed by atoms with Gasteiger partial charge < -0.3 is 10.1 Å². The van der Waals surface area contributed by atoms with Crippen LogP contribution < -0.4 is 0 Å². The molecule has 1 heterocycles. The third-order valence-electron chi connectivity index (χ3n) is 2.28. The highest BCUT2D eigenvalue weighted by atomic mass is 35.5. The molecule has 1 aromatic heterocycles. The summed E-state index contributed by atoms with van der Waals surface area (Å²) in [7, 11) is 0. The Balaban J connectivity index is 2.08. The molecule has 0 saturated carbocycles. The van der Waals surface area contributed by atoms with E-state index in [4.69, 9.17) is 16.7 Å². The summed E-state index contributed by atoms with van der Waals surface area (Å²) in [5, 5.41) is 9.32. The average Bonchev–Trinajstić information content (AvgIpc) is 2.64. The van der Waals surface area contributed by atoms with Gasteiger partial charge in [-0.2, -0.15) is 0 Å². The van der Waals surface area contributed by atoms with Crippen molar-refractivity contribution in [2.45, 2.75) is 12.8 Å². The first kappa shape index (κ1) is 11.7. The van der Waals surface area contributed by atoms with Gasteiger partial charge in [0.15, 0.2) is 0 Å². The predicted molar refractivity (Wildman–Crippen MR) is 64.2 cm³/mol. The number of nitrogens with zero attached hydrogens (tertiary/aromatic N) is 1. The number of imidazole rings is 1. The number of benzene rings is 1. The maximum absolute atomic E-state index is 10.5. The van der Waals surface area contributed by atoms with Crippen molar-refractivity contribution >= 4 is 17.6 Å². The monoisotopic (exact) mass is 250 g/mol. The highest BCUT2D eigenvalue weighted by molar-refractivity contribution is 6.30. The number of H-pyrrole nitrogens is 1. The van der Waals surface area contributed by atoms with Gasteiger partial charge in [0.1, 0.15) is 5.82 Å². The number of aromatic amines is 1. The first-order valence-corrected chi connectivity index (χ1v) is 5.50. The first-order chi connectivity index (χ1) is 8.13. The van der Waals surface area contributed by atoms with E-state index in [1.807, 2.05) is 24.3 Å². The molecular formula is C12H11ClN2O2. The quantitative estimate of drug-likeness (QED) is 0.875. The van der Waals surface area contributed by atoms with Crippen molar-refractivity contribution in [1.82, 2.24) is 9.97 Å². The van der Waals surface area contributed by atoms with Crippen molar-refractivity contribution in [3.63, 3.8) is 0 Å². The van der Waals surface area contributed by atoms with Crippen LogP contribution in [0.5, 0.6) is 0 Å². The normalized spacial score (nSPS) is 10.4. The first-order valence-electron chi connectivity index (χ1n) is 5.12. The summed E-state index contributed by atoms with van der Waals surface area (Å²) in [5.74, 6) is -0.133. The summed E-state index contributed by atoms with van der Waals surface area (Å²) < 4.78 is 0. The van der Waals surface area contributed by atoms with Crippen molar-refractivity contribution < 1.29 is 9.90 Å². The summed E-state index contributed by atoms with van der Waals surface area (Å²) in [6.07, 6.45) is 2.12. The lowest BCUT2D eigenvalue weighted by Gasteiger charge is -1.98. The topological polar surface area (TPSA) is 66.0 Å². The smallest absolute Gasteiger partial charge is 0.309 e. The second-order valence-corrected chi connectivity index (χ2v) is 4.17. The molecule has 0 spiro atoms. The largest absolute Gasteiger partial charge is 0.481 e. The lowest BCUT2D eigenvalue weighted by atomic mass is 10.1. The fraction of sp³-hybridized carbons (Fsp3) is 0.167. The molecule has 5 heteroatoms. The van der Waals surface area contributed by atoms with Crippen LogP contribution in [0.1, 0.15) is 17.1 Å². The maximum Gasteiger partial charge on any atom is 0.309 e. The van der Waals surface area contributed by atoms with Crippen molar-refractivity contribution in [3.05, 3.63) is 52.6 Å². The molecule has 2 N–H and O–H groups in total. The van der Waals surface area contributed by atoms with E-state index in [0.717, 1.165) is 11.4 Å². The van der Waals surface area contributed by atoms with Crippen molar-refractivity contribution in [3.8, 4) is 0 Å². The van der Waals surface area contributed by atoms with Crippen LogP contribution in [0.3, 0.4) is 0 Å². The molecule has 0 atom stereocenters. The number of aromatic nitrogens is 2. The van der Waals surface area contributed by atoms with Gasteiger partial charge in [-0.05, 0) is 17.7 Å². The Hall–Kier alpha value is -1.81. The summed E-state index contributed by atoms with van der Waals surface area (Å²) in [6.45, 7) is 0. The summed E-state index contributed by atoms with van der Waals surface area (Å²) >= 11 is 5.88. The Labute approximate surface area is 103 Å². The molecule has 2 rings (SSSR count). The predicted octanol–water partition coefficient (Wildman–Crippen LogP) is 2.28. The van der Waals surface area contributed by atoms with Crippen LogP contribution in [0.25, 0.3) is 0 Å². The summed E-state index contributed by atoms with van der Waals surface area (Å²) in [5.41, 5.74) is 1.64. The van der Waals surface area contributed by atoms with Crippen LogP contribution in [0.4, 0.5) is 0 Å². The van der Waals surface area contributed by atoms with Gasteiger partial charge in [-0.15, -0.1) is 0 Å².